The van der Waals surface area contributed by atoms with Gasteiger partial charge in [0.2, 0.25) is 0 Å². The van der Waals surface area contributed by atoms with Gasteiger partial charge >= 0.3 is 0 Å². The van der Waals surface area contributed by atoms with E-state index in [1.54, 1.807) is 0 Å². The van der Waals surface area contributed by atoms with Crippen LogP contribution >= 0.6 is 11.3 Å². The smallest absolute Gasteiger partial charge is 0.0334 e. The van der Waals surface area contributed by atoms with Gasteiger partial charge in [-0.05, 0) is 44.2 Å². The van der Waals surface area contributed by atoms with Crippen molar-refractivity contribution in [1.29, 1.82) is 0 Å². The van der Waals surface area contributed by atoms with Gasteiger partial charge in [-0.15, -0.1) is 11.3 Å². The van der Waals surface area contributed by atoms with Crippen molar-refractivity contribution in [1.82, 2.24) is 0 Å². The summed E-state index contributed by atoms with van der Waals surface area (Å²) in [5.74, 6) is 0.776. The average Bonchev–Trinajstić information content (AvgIpc) is 2.77. The van der Waals surface area contributed by atoms with Gasteiger partial charge in [-0.25, -0.2) is 0 Å². The van der Waals surface area contributed by atoms with Crippen LogP contribution in [0.5, 0.6) is 0 Å². The van der Waals surface area contributed by atoms with Crippen LogP contribution in [0.1, 0.15) is 34.2 Å². The normalized spacial score (nSPS) is 19.6. The number of thiophene rings is 1. The molecule has 12 heavy (non-hydrogen) atoms. The lowest BCUT2D eigenvalue weighted by molar-refractivity contribution is 0.632. The molecule has 0 spiro atoms. The molecule has 1 aromatic heterocycles. The third-order valence-electron chi connectivity index (χ3n) is 2.57. The van der Waals surface area contributed by atoms with Gasteiger partial charge in [0.25, 0.3) is 0 Å². The molecular weight excluding hydrogens is 166 g/mol. The van der Waals surface area contributed by atoms with Crippen molar-refractivity contribution in [3.05, 3.63) is 21.4 Å². The summed E-state index contributed by atoms with van der Waals surface area (Å²) in [6, 6.07) is 2.57. The Balaban J connectivity index is 2.25. The number of aryl methyl sites for hydroxylation is 2. The van der Waals surface area contributed by atoms with E-state index in [0.29, 0.717) is 6.04 Å². The minimum atomic E-state index is 0.315. The summed E-state index contributed by atoms with van der Waals surface area (Å²) >= 11 is 1.86. The molecule has 1 fully saturated rings. The van der Waals surface area contributed by atoms with Crippen molar-refractivity contribution >= 4 is 11.3 Å². The molecule has 2 heteroatoms. The Morgan fingerprint density at radius 2 is 2.17 bits per heavy atom. The van der Waals surface area contributed by atoms with Gasteiger partial charge in [-0.2, -0.15) is 0 Å². The number of hydrogen-bond acceptors (Lipinski definition) is 2. The predicted octanol–water partition coefficient (Wildman–Crippen LogP) is 2.77. The molecule has 0 aromatic carbocycles. The second kappa shape index (κ2) is 2.86. The van der Waals surface area contributed by atoms with Crippen molar-refractivity contribution in [2.45, 2.75) is 32.7 Å². The van der Waals surface area contributed by atoms with E-state index in [0.717, 1.165) is 5.92 Å². The van der Waals surface area contributed by atoms with Gasteiger partial charge < -0.3 is 5.73 Å². The summed E-state index contributed by atoms with van der Waals surface area (Å²) < 4.78 is 0. The van der Waals surface area contributed by atoms with Crippen molar-refractivity contribution in [2.75, 3.05) is 0 Å². The lowest BCUT2D eigenvalue weighted by atomic mass is 10.0. The van der Waals surface area contributed by atoms with Crippen LogP contribution in [-0.2, 0) is 0 Å². The van der Waals surface area contributed by atoms with Crippen molar-refractivity contribution in [3.8, 4) is 0 Å². The lowest BCUT2D eigenvalue weighted by Crippen LogP contribution is -2.12. The second-order valence-corrected chi connectivity index (χ2v) is 5.19. The number of nitrogens with two attached hydrogens (primary N) is 1. The minimum Gasteiger partial charge on any atom is -0.324 e. The molecule has 1 aliphatic carbocycles. The van der Waals surface area contributed by atoms with Crippen LogP contribution in [0, 0.1) is 19.8 Å². The Morgan fingerprint density at radius 1 is 1.50 bits per heavy atom. The van der Waals surface area contributed by atoms with E-state index in [1.165, 1.54) is 28.2 Å². The first-order valence-corrected chi connectivity index (χ1v) is 5.32. The monoisotopic (exact) mass is 181 g/mol. The SMILES string of the molecule is Cc1cc([C@H](N)C2CC2)c(C)s1. The molecular formula is C10H15NS. The van der Waals surface area contributed by atoms with Gasteiger partial charge in [-0.3, -0.25) is 0 Å². The van der Waals surface area contributed by atoms with Crippen LogP contribution in [0.4, 0.5) is 0 Å². The van der Waals surface area contributed by atoms with E-state index in [2.05, 4.69) is 19.9 Å². The predicted molar refractivity (Wildman–Crippen MR) is 53.4 cm³/mol. The molecule has 0 unspecified atom stereocenters. The van der Waals surface area contributed by atoms with Crippen LogP contribution in [-0.4, -0.2) is 0 Å². The molecule has 0 bridgehead atoms. The average molecular weight is 181 g/mol. The molecule has 2 N–H and O–H groups in total. The maximum atomic E-state index is 6.12. The minimum absolute atomic E-state index is 0.315. The molecule has 1 saturated carbocycles. The van der Waals surface area contributed by atoms with E-state index in [4.69, 9.17) is 5.73 Å². The van der Waals surface area contributed by atoms with E-state index in [9.17, 15) is 0 Å². The quantitative estimate of drug-likeness (QED) is 0.746. The zero-order valence-corrected chi connectivity index (χ0v) is 8.45. The number of hydrogen-bond donors (Lipinski definition) is 1. The fourth-order valence-electron chi connectivity index (χ4n) is 1.69. The van der Waals surface area contributed by atoms with Gasteiger partial charge in [0.1, 0.15) is 0 Å². The highest BCUT2D eigenvalue weighted by Crippen LogP contribution is 2.41. The zero-order valence-electron chi connectivity index (χ0n) is 7.63. The van der Waals surface area contributed by atoms with Gasteiger partial charge in [-0.1, -0.05) is 0 Å². The molecule has 1 atom stereocenters. The summed E-state index contributed by atoms with van der Waals surface area (Å²) in [7, 11) is 0. The maximum Gasteiger partial charge on any atom is 0.0334 e. The first-order chi connectivity index (χ1) is 5.68. The van der Waals surface area contributed by atoms with Crippen LogP contribution in [0.25, 0.3) is 0 Å². The standard InChI is InChI=1S/C10H15NS/c1-6-5-9(7(2)12-6)10(11)8-3-4-8/h5,8,10H,3-4,11H2,1-2H3/t10-/m1/s1. The van der Waals surface area contributed by atoms with Crippen molar-refractivity contribution in [2.24, 2.45) is 11.7 Å². The summed E-state index contributed by atoms with van der Waals surface area (Å²) in [4.78, 5) is 2.80. The van der Waals surface area contributed by atoms with Crippen LogP contribution in [0.2, 0.25) is 0 Å². The van der Waals surface area contributed by atoms with E-state index in [1.807, 2.05) is 11.3 Å². The largest absolute Gasteiger partial charge is 0.324 e. The third-order valence-corrected chi connectivity index (χ3v) is 3.55. The Morgan fingerprint density at radius 3 is 2.58 bits per heavy atom. The molecule has 0 amide bonds. The molecule has 1 heterocycles. The summed E-state index contributed by atoms with van der Waals surface area (Å²) in [6.45, 7) is 4.33. The third kappa shape index (κ3) is 1.41. The molecule has 0 radical (unpaired) electrons. The van der Waals surface area contributed by atoms with Crippen molar-refractivity contribution < 1.29 is 0 Å². The molecule has 1 nitrogen and oxygen atoms in total. The van der Waals surface area contributed by atoms with E-state index < -0.39 is 0 Å². The molecule has 1 aliphatic rings. The van der Waals surface area contributed by atoms with Gasteiger partial charge in [0, 0.05) is 15.8 Å². The van der Waals surface area contributed by atoms with E-state index in [-0.39, 0.29) is 0 Å². The van der Waals surface area contributed by atoms with Crippen molar-refractivity contribution in [3.63, 3.8) is 0 Å². The molecule has 2 rings (SSSR count). The highest BCUT2D eigenvalue weighted by atomic mass is 32.1. The van der Waals surface area contributed by atoms with Crippen LogP contribution < -0.4 is 5.73 Å². The van der Waals surface area contributed by atoms with E-state index >= 15 is 0 Å². The topological polar surface area (TPSA) is 26.0 Å². The number of rotatable bonds is 2. The fourth-order valence-corrected chi connectivity index (χ4v) is 2.67. The maximum absolute atomic E-state index is 6.12. The summed E-state index contributed by atoms with van der Waals surface area (Å²) in [6.07, 6.45) is 2.66. The second-order valence-electron chi connectivity index (χ2n) is 3.73. The Kier molecular flexibility index (Phi) is 1.97. The molecule has 66 valence electrons. The summed E-state index contributed by atoms with van der Waals surface area (Å²) in [5.41, 5.74) is 7.51. The molecule has 1 aromatic rings. The van der Waals surface area contributed by atoms with Crippen LogP contribution in [0.15, 0.2) is 6.07 Å². The van der Waals surface area contributed by atoms with Gasteiger partial charge in [0.05, 0.1) is 0 Å². The Hall–Kier alpha value is -0.340. The molecule has 0 saturated heterocycles. The lowest BCUT2D eigenvalue weighted by Gasteiger charge is -2.08. The fraction of sp³-hybridized carbons (Fsp3) is 0.600. The van der Waals surface area contributed by atoms with Crippen LogP contribution in [0.3, 0.4) is 0 Å². The Bertz CT molecular complexity index is 286. The highest BCUT2D eigenvalue weighted by Gasteiger charge is 2.30. The Labute approximate surface area is 77.6 Å². The first-order valence-electron chi connectivity index (χ1n) is 4.51. The van der Waals surface area contributed by atoms with Gasteiger partial charge in [0.15, 0.2) is 0 Å². The zero-order chi connectivity index (χ0) is 8.72. The molecule has 0 aliphatic heterocycles. The summed E-state index contributed by atoms with van der Waals surface area (Å²) in [5, 5.41) is 0. The highest BCUT2D eigenvalue weighted by molar-refractivity contribution is 7.12. The first kappa shape index (κ1) is 8.27.